The van der Waals surface area contributed by atoms with E-state index in [1.54, 1.807) is 12.3 Å². The third kappa shape index (κ3) is 5.88. The first-order valence-corrected chi connectivity index (χ1v) is 7.11. The van der Waals surface area contributed by atoms with Gasteiger partial charge in [-0.1, -0.05) is 0 Å². The van der Waals surface area contributed by atoms with Gasteiger partial charge in [0.15, 0.2) is 0 Å². The molecule has 2 unspecified atom stereocenters. The minimum atomic E-state index is -1.26. The summed E-state index contributed by atoms with van der Waals surface area (Å²) >= 11 is 1.33. The number of nitrogens with one attached hydrogen (secondary N) is 1. The molecule has 9 heteroatoms. The Labute approximate surface area is 125 Å². The van der Waals surface area contributed by atoms with E-state index < -0.39 is 23.9 Å². The van der Waals surface area contributed by atoms with Crippen LogP contribution in [0, 0.1) is 0 Å². The first-order chi connectivity index (χ1) is 9.79. The summed E-state index contributed by atoms with van der Waals surface area (Å²) in [5, 5.41) is 22.2. The average Bonchev–Trinajstić information content (AvgIpc) is 2.82. The van der Waals surface area contributed by atoms with Crippen LogP contribution in [0.4, 0.5) is 0 Å². The number of carbonyl (C=O) groups excluding carboxylic acids is 1. The van der Waals surface area contributed by atoms with Gasteiger partial charge in [-0.2, -0.15) is 0 Å². The molecule has 0 fully saturated rings. The molecule has 0 saturated carbocycles. The van der Waals surface area contributed by atoms with E-state index in [1.165, 1.54) is 11.3 Å². The van der Waals surface area contributed by atoms with Crippen molar-refractivity contribution in [1.29, 1.82) is 0 Å². The number of nitrogens with zero attached hydrogens (tertiary/aromatic N) is 1. The summed E-state index contributed by atoms with van der Waals surface area (Å²) in [6.07, 6.45) is -0.568. The molecule has 0 spiro atoms. The predicted octanol–water partition coefficient (Wildman–Crippen LogP) is 0.140. The van der Waals surface area contributed by atoms with E-state index >= 15 is 0 Å². The van der Waals surface area contributed by atoms with Crippen molar-refractivity contribution in [2.75, 3.05) is 0 Å². The Morgan fingerprint density at radius 2 is 2.10 bits per heavy atom. The second-order valence-electron chi connectivity index (χ2n) is 4.53. The Morgan fingerprint density at radius 1 is 1.43 bits per heavy atom. The van der Waals surface area contributed by atoms with Crippen LogP contribution in [0.15, 0.2) is 5.38 Å². The fraction of sp³-hybridized carbons (Fsp3) is 0.500. The Bertz CT molecular complexity index is 529. The molecule has 0 aromatic carbocycles. The molecule has 5 N–H and O–H groups in total. The van der Waals surface area contributed by atoms with Crippen LogP contribution < -0.4 is 11.1 Å². The zero-order chi connectivity index (χ0) is 16.0. The van der Waals surface area contributed by atoms with E-state index in [4.69, 9.17) is 15.9 Å². The van der Waals surface area contributed by atoms with Crippen LogP contribution in [0.5, 0.6) is 0 Å². The fourth-order valence-corrected chi connectivity index (χ4v) is 2.33. The monoisotopic (exact) mass is 315 g/mol. The number of thiazole rings is 1. The number of carboxylic acids is 2. The van der Waals surface area contributed by atoms with Crippen LogP contribution in [-0.2, 0) is 20.8 Å². The van der Waals surface area contributed by atoms with E-state index in [9.17, 15) is 14.4 Å². The molecule has 0 aliphatic heterocycles. The number of carbonyl (C=O) groups is 3. The van der Waals surface area contributed by atoms with Crippen molar-refractivity contribution in [2.24, 2.45) is 5.73 Å². The van der Waals surface area contributed by atoms with Crippen molar-refractivity contribution in [3.63, 3.8) is 0 Å². The van der Waals surface area contributed by atoms with E-state index in [-0.39, 0.29) is 25.3 Å². The van der Waals surface area contributed by atoms with Crippen molar-refractivity contribution >= 4 is 29.2 Å². The number of nitrogens with two attached hydrogens (primary N) is 1. The summed E-state index contributed by atoms with van der Waals surface area (Å²) in [7, 11) is 0. The molecule has 1 heterocycles. The van der Waals surface area contributed by atoms with Gasteiger partial charge in [0.1, 0.15) is 11.0 Å². The fourth-order valence-electron chi connectivity index (χ4n) is 1.55. The van der Waals surface area contributed by atoms with Gasteiger partial charge in [0.05, 0.1) is 18.2 Å². The van der Waals surface area contributed by atoms with Gasteiger partial charge in [0, 0.05) is 11.8 Å². The van der Waals surface area contributed by atoms with Crippen LogP contribution in [0.1, 0.15) is 36.5 Å². The number of aliphatic carboxylic acids is 2. The maximum atomic E-state index is 11.8. The molecule has 0 radical (unpaired) electrons. The molecular weight excluding hydrogens is 298 g/mol. The molecule has 8 nitrogen and oxygen atoms in total. The van der Waals surface area contributed by atoms with Gasteiger partial charge >= 0.3 is 11.9 Å². The van der Waals surface area contributed by atoms with E-state index in [1.807, 2.05) is 0 Å². The van der Waals surface area contributed by atoms with Gasteiger partial charge in [-0.05, 0) is 13.3 Å². The van der Waals surface area contributed by atoms with E-state index in [0.29, 0.717) is 10.7 Å². The molecule has 116 valence electrons. The lowest BCUT2D eigenvalue weighted by Gasteiger charge is -2.12. The maximum Gasteiger partial charge on any atom is 0.326 e. The summed E-state index contributed by atoms with van der Waals surface area (Å²) in [5.41, 5.74) is 6.17. The minimum Gasteiger partial charge on any atom is -0.481 e. The maximum absolute atomic E-state index is 11.8. The first kappa shape index (κ1) is 17.1. The minimum absolute atomic E-state index is 0.0694. The zero-order valence-corrected chi connectivity index (χ0v) is 12.2. The van der Waals surface area contributed by atoms with Crippen molar-refractivity contribution in [2.45, 2.75) is 38.3 Å². The quantitative estimate of drug-likeness (QED) is 0.534. The van der Waals surface area contributed by atoms with Crippen LogP contribution in [0.25, 0.3) is 0 Å². The van der Waals surface area contributed by atoms with Crippen molar-refractivity contribution in [3.05, 3.63) is 16.1 Å². The molecule has 0 aliphatic carbocycles. The Kier molecular flexibility index (Phi) is 6.25. The summed E-state index contributed by atoms with van der Waals surface area (Å²) in [4.78, 5) is 37.3. The number of hydrogen-bond acceptors (Lipinski definition) is 6. The van der Waals surface area contributed by atoms with Gasteiger partial charge in [0.2, 0.25) is 5.91 Å². The summed E-state index contributed by atoms with van der Waals surface area (Å²) in [6, 6.07) is -1.45. The molecule has 1 aromatic heterocycles. The molecule has 1 rings (SSSR count). The van der Waals surface area contributed by atoms with Gasteiger partial charge in [0.25, 0.3) is 0 Å². The molecule has 0 bridgehead atoms. The molecule has 2 atom stereocenters. The molecule has 1 amide bonds. The van der Waals surface area contributed by atoms with Crippen molar-refractivity contribution in [3.8, 4) is 0 Å². The van der Waals surface area contributed by atoms with Gasteiger partial charge in [-0.3, -0.25) is 9.59 Å². The van der Waals surface area contributed by atoms with Crippen LogP contribution in [0.2, 0.25) is 0 Å². The van der Waals surface area contributed by atoms with Gasteiger partial charge in [-0.15, -0.1) is 11.3 Å². The first-order valence-electron chi connectivity index (χ1n) is 6.23. The number of aromatic nitrogens is 1. The summed E-state index contributed by atoms with van der Waals surface area (Å²) < 4.78 is 0. The lowest BCUT2D eigenvalue weighted by atomic mass is 10.1. The Hall–Kier alpha value is -2.00. The normalized spacial score (nSPS) is 13.4. The van der Waals surface area contributed by atoms with Crippen LogP contribution in [0.3, 0.4) is 0 Å². The van der Waals surface area contributed by atoms with E-state index in [0.717, 1.165) is 0 Å². The highest BCUT2D eigenvalue weighted by molar-refractivity contribution is 7.09. The molecular formula is C12H17N3O5S. The Morgan fingerprint density at radius 3 is 2.57 bits per heavy atom. The average molecular weight is 315 g/mol. The molecule has 0 saturated heterocycles. The summed E-state index contributed by atoms with van der Waals surface area (Å²) in [5.74, 6) is -2.90. The number of hydrogen-bond donors (Lipinski definition) is 4. The molecule has 1 aromatic rings. The van der Waals surface area contributed by atoms with Crippen LogP contribution in [-0.4, -0.2) is 39.1 Å². The zero-order valence-electron chi connectivity index (χ0n) is 11.4. The second kappa shape index (κ2) is 7.70. The highest BCUT2D eigenvalue weighted by Gasteiger charge is 2.21. The predicted molar refractivity (Wildman–Crippen MR) is 74.9 cm³/mol. The number of rotatable bonds is 8. The number of amides is 1. The topological polar surface area (TPSA) is 143 Å². The number of carboxylic acid groups (broad SMARTS) is 2. The SMILES string of the molecule is CC(N)c1nc(CC(=O)NC(CCC(=O)O)C(=O)O)cs1. The molecule has 0 aliphatic rings. The van der Waals surface area contributed by atoms with Crippen molar-refractivity contribution in [1.82, 2.24) is 10.3 Å². The van der Waals surface area contributed by atoms with Crippen molar-refractivity contribution < 1.29 is 24.6 Å². The smallest absolute Gasteiger partial charge is 0.326 e. The third-order valence-electron chi connectivity index (χ3n) is 2.58. The lowest BCUT2D eigenvalue weighted by Crippen LogP contribution is -2.41. The van der Waals surface area contributed by atoms with Gasteiger partial charge < -0.3 is 21.3 Å². The Balaban J connectivity index is 2.56. The second-order valence-corrected chi connectivity index (χ2v) is 5.42. The summed E-state index contributed by atoms with van der Waals surface area (Å²) in [6.45, 7) is 1.77. The van der Waals surface area contributed by atoms with Crippen LogP contribution >= 0.6 is 11.3 Å². The molecule has 21 heavy (non-hydrogen) atoms. The lowest BCUT2D eigenvalue weighted by molar-refractivity contribution is -0.143. The highest BCUT2D eigenvalue weighted by Crippen LogP contribution is 2.16. The standard InChI is InChI=1S/C12H17N3O5S/c1-6(13)11-14-7(5-21-11)4-9(16)15-8(12(19)20)2-3-10(17)18/h5-6,8H,2-4,13H2,1H3,(H,15,16)(H,17,18)(H,19,20). The highest BCUT2D eigenvalue weighted by atomic mass is 32.1. The van der Waals surface area contributed by atoms with E-state index in [2.05, 4.69) is 10.3 Å². The van der Waals surface area contributed by atoms with Gasteiger partial charge in [-0.25, -0.2) is 9.78 Å². The third-order valence-corrected chi connectivity index (χ3v) is 3.68. The largest absolute Gasteiger partial charge is 0.481 e.